The van der Waals surface area contributed by atoms with Crippen molar-refractivity contribution in [3.8, 4) is 55.6 Å². The quantitative estimate of drug-likeness (QED) is 0.119. The van der Waals surface area contributed by atoms with Gasteiger partial charge in [0.05, 0.1) is 0 Å². The number of hydrogen-bond acceptors (Lipinski definition) is 0. The predicted octanol–water partition coefficient (Wildman–Crippen LogP) is 19.2. The molecule has 0 spiro atoms. The lowest BCUT2D eigenvalue weighted by Gasteiger charge is -2.21. The number of benzene rings is 14. The molecule has 0 radical (unpaired) electrons. The maximum absolute atomic E-state index is 2.45. The van der Waals surface area contributed by atoms with Gasteiger partial charge in [0.25, 0.3) is 0 Å². The van der Waals surface area contributed by atoms with E-state index in [0.29, 0.717) is 0 Å². The SMILES string of the molecule is c1ccc2c(-c3c4ccccc4c(-c4cccc5ccccc45)c4cc(-c5ccc(-c6c7ccccc7c(-c7cc8ccccc8c8ccccc78)c7ccccc67)cc5)ccc34)cccc2c1. The van der Waals surface area contributed by atoms with E-state index in [1.54, 1.807) is 0 Å². The Bertz CT molecular complexity index is 4290. The Balaban J connectivity index is 0.985. The molecule has 314 valence electrons. The van der Waals surface area contributed by atoms with Gasteiger partial charge in [-0.05, 0) is 154 Å². The van der Waals surface area contributed by atoms with Crippen LogP contribution >= 0.6 is 0 Å². The zero-order valence-corrected chi connectivity index (χ0v) is 37.2. The molecule has 0 unspecified atom stereocenters. The van der Waals surface area contributed by atoms with Gasteiger partial charge in [0.1, 0.15) is 0 Å². The van der Waals surface area contributed by atoms with Crippen molar-refractivity contribution < 1.29 is 0 Å². The summed E-state index contributed by atoms with van der Waals surface area (Å²) in [6.45, 7) is 0. The molecule has 0 atom stereocenters. The van der Waals surface area contributed by atoms with Crippen LogP contribution in [-0.2, 0) is 0 Å². The second-order valence-electron chi connectivity index (χ2n) is 18.2. The highest BCUT2D eigenvalue weighted by atomic mass is 14.2. The smallest absolute Gasteiger partial charge is 0.00199 e. The summed E-state index contributed by atoms with van der Waals surface area (Å²) in [6, 6.07) is 94.7. The average molecular weight is 859 g/mol. The van der Waals surface area contributed by atoms with Crippen LogP contribution in [0, 0.1) is 0 Å². The molecule has 0 saturated heterocycles. The van der Waals surface area contributed by atoms with E-state index in [4.69, 9.17) is 0 Å². The second kappa shape index (κ2) is 15.4. The molecule has 0 aliphatic rings. The highest BCUT2D eigenvalue weighted by Gasteiger charge is 2.22. The fourth-order valence-corrected chi connectivity index (χ4v) is 11.6. The zero-order valence-electron chi connectivity index (χ0n) is 37.2. The molecule has 0 amide bonds. The van der Waals surface area contributed by atoms with Gasteiger partial charge in [-0.25, -0.2) is 0 Å². The molecule has 0 aliphatic carbocycles. The first-order valence-electron chi connectivity index (χ1n) is 23.7. The van der Waals surface area contributed by atoms with Crippen molar-refractivity contribution in [2.75, 3.05) is 0 Å². The summed E-state index contributed by atoms with van der Waals surface area (Å²) in [5, 5.41) is 20.1. The molecule has 68 heavy (non-hydrogen) atoms. The van der Waals surface area contributed by atoms with E-state index >= 15 is 0 Å². The maximum Gasteiger partial charge on any atom is -0.00199 e. The summed E-state index contributed by atoms with van der Waals surface area (Å²) < 4.78 is 0. The Kier molecular flexibility index (Phi) is 8.69. The van der Waals surface area contributed by atoms with Crippen molar-refractivity contribution >= 4 is 86.2 Å². The molecular formula is C68H42. The molecule has 0 heteroatoms. The maximum atomic E-state index is 2.45. The molecule has 0 bridgehead atoms. The lowest BCUT2D eigenvalue weighted by molar-refractivity contribution is 1.63. The minimum Gasteiger partial charge on any atom is -0.0616 e. The molecule has 14 aromatic rings. The van der Waals surface area contributed by atoms with Crippen molar-refractivity contribution in [1.82, 2.24) is 0 Å². The van der Waals surface area contributed by atoms with E-state index in [9.17, 15) is 0 Å². The molecule has 14 rings (SSSR count). The lowest BCUT2D eigenvalue weighted by Crippen LogP contribution is -1.93. The van der Waals surface area contributed by atoms with E-state index in [-0.39, 0.29) is 0 Å². The van der Waals surface area contributed by atoms with E-state index < -0.39 is 0 Å². The van der Waals surface area contributed by atoms with Gasteiger partial charge >= 0.3 is 0 Å². The molecule has 0 saturated carbocycles. The lowest BCUT2D eigenvalue weighted by atomic mass is 9.82. The summed E-state index contributed by atoms with van der Waals surface area (Å²) in [4.78, 5) is 0. The Morgan fingerprint density at radius 3 is 1.04 bits per heavy atom. The van der Waals surface area contributed by atoms with Crippen LogP contribution in [0.5, 0.6) is 0 Å². The van der Waals surface area contributed by atoms with Crippen molar-refractivity contribution in [2.24, 2.45) is 0 Å². The van der Waals surface area contributed by atoms with Gasteiger partial charge in [0, 0.05) is 0 Å². The van der Waals surface area contributed by atoms with E-state index in [1.807, 2.05) is 0 Å². The van der Waals surface area contributed by atoms with Crippen LogP contribution < -0.4 is 0 Å². The van der Waals surface area contributed by atoms with E-state index in [2.05, 4.69) is 255 Å². The van der Waals surface area contributed by atoms with Crippen LogP contribution in [0.15, 0.2) is 255 Å². The second-order valence-corrected chi connectivity index (χ2v) is 18.2. The standard InChI is InChI=1S/C68H42/c1-4-22-49-44(17-1)20-15-33-54(49)66-60-31-13-14-32-61(60)67(55-34-16-21-45-18-2-5-23-50(45)55)64-41-47(39-40-62(64)66)43-35-37-46(38-36-43)65-56-27-9-11-29-58(56)68(59-30-12-10-28-57(59)65)63-42-48-19-3-6-24-51(48)52-25-7-8-26-53(52)63/h1-42H. The topological polar surface area (TPSA) is 0 Å². The van der Waals surface area contributed by atoms with Crippen molar-refractivity contribution in [3.63, 3.8) is 0 Å². The first-order valence-corrected chi connectivity index (χ1v) is 23.7. The van der Waals surface area contributed by atoms with Crippen LogP contribution in [0.25, 0.3) is 142 Å². The molecule has 0 N–H and O–H groups in total. The molecule has 0 aliphatic heterocycles. The predicted molar refractivity (Wildman–Crippen MR) is 294 cm³/mol. The Morgan fingerprint density at radius 2 is 0.500 bits per heavy atom. The minimum absolute atomic E-state index is 1.19. The van der Waals surface area contributed by atoms with Crippen LogP contribution in [0.4, 0.5) is 0 Å². The van der Waals surface area contributed by atoms with Gasteiger partial charge in [-0.1, -0.05) is 243 Å². The van der Waals surface area contributed by atoms with Gasteiger partial charge in [-0.15, -0.1) is 0 Å². The number of hydrogen-bond donors (Lipinski definition) is 0. The van der Waals surface area contributed by atoms with Crippen LogP contribution in [0.1, 0.15) is 0 Å². The summed E-state index contributed by atoms with van der Waals surface area (Å²) in [6.07, 6.45) is 0. The number of rotatable bonds is 5. The van der Waals surface area contributed by atoms with Crippen LogP contribution in [-0.4, -0.2) is 0 Å². The van der Waals surface area contributed by atoms with Gasteiger partial charge in [-0.2, -0.15) is 0 Å². The highest BCUT2D eigenvalue weighted by Crippen LogP contribution is 2.49. The molecule has 0 aromatic heterocycles. The summed E-state index contributed by atoms with van der Waals surface area (Å²) in [5.74, 6) is 0. The van der Waals surface area contributed by atoms with Crippen molar-refractivity contribution in [2.45, 2.75) is 0 Å². The fraction of sp³-hybridized carbons (Fsp3) is 0. The first kappa shape index (κ1) is 38.4. The molecule has 14 aromatic carbocycles. The molecule has 0 nitrogen and oxygen atoms in total. The summed E-state index contributed by atoms with van der Waals surface area (Å²) in [7, 11) is 0. The van der Waals surface area contributed by atoms with Crippen molar-refractivity contribution in [3.05, 3.63) is 255 Å². The highest BCUT2D eigenvalue weighted by molar-refractivity contribution is 6.27. The third kappa shape index (κ3) is 5.88. The van der Waals surface area contributed by atoms with Gasteiger partial charge in [0.15, 0.2) is 0 Å². The molecule has 0 heterocycles. The monoisotopic (exact) mass is 858 g/mol. The third-order valence-corrected chi connectivity index (χ3v) is 14.6. The average Bonchev–Trinajstić information content (AvgIpc) is 3.41. The van der Waals surface area contributed by atoms with Crippen LogP contribution in [0.2, 0.25) is 0 Å². The number of fused-ring (bicyclic) bond motifs is 9. The molecule has 0 fully saturated rings. The van der Waals surface area contributed by atoms with Crippen LogP contribution in [0.3, 0.4) is 0 Å². The summed E-state index contributed by atoms with van der Waals surface area (Å²) >= 11 is 0. The Hall–Kier alpha value is -8.84. The van der Waals surface area contributed by atoms with Crippen molar-refractivity contribution in [1.29, 1.82) is 0 Å². The first-order chi connectivity index (χ1) is 33.8. The third-order valence-electron chi connectivity index (χ3n) is 14.6. The normalized spacial score (nSPS) is 11.8. The Morgan fingerprint density at radius 1 is 0.147 bits per heavy atom. The van der Waals surface area contributed by atoms with E-state index in [1.165, 1.54) is 142 Å². The zero-order chi connectivity index (χ0) is 44.7. The van der Waals surface area contributed by atoms with Gasteiger partial charge < -0.3 is 0 Å². The Labute approximate surface area is 394 Å². The van der Waals surface area contributed by atoms with Gasteiger partial charge in [-0.3, -0.25) is 0 Å². The fourth-order valence-electron chi connectivity index (χ4n) is 11.6. The molecular weight excluding hydrogens is 817 g/mol. The summed E-state index contributed by atoms with van der Waals surface area (Å²) in [5.41, 5.74) is 12.5. The van der Waals surface area contributed by atoms with Gasteiger partial charge in [0.2, 0.25) is 0 Å². The largest absolute Gasteiger partial charge is 0.0616 e. The minimum atomic E-state index is 1.19. The van der Waals surface area contributed by atoms with E-state index in [0.717, 1.165) is 0 Å².